The molecule has 1 saturated heterocycles. The minimum absolute atomic E-state index is 0.248. The van der Waals surface area contributed by atoms with Gasteiger partial charge in [-0.15, -0.1) is 0 Å². The average Bonchev–Trinajstić information content (AvgIpc) is 2.61. The first-order chi connectivity index (χ1) is 12.2. The Kier molecular flexibility index (Phi) is 6.19. The number of aliphatic hydroxyl groups is 1. The lowest BCUT2D eigenvalue weighted by atomic mass is 10.1. The summed E-state index contributed by atoms with van der Waals surface area (Å²) in [6.07, 6.45) is 3.11. The van der Waals surface area contributed by atoms with Gasteiger partial charge in [-0.25, -0.2) is 0 Å². The number of piperazine rings is 1. The van der Waals surface area contributed by atoms with Crippen LogP contribution in [-0.4, -0.2) is 58.7 Å². The quantitative estimate of drug-likeness (QED) is 0.821. The predicted octanol–water partition coefficient (Wildman–Crippen LogP) is 3.07. The first-order valence-electron chi connectivity index (χ1n) is 9.21. The zero-order chi connectivity index (χ0) is 17.6. The van der Waals surface area contributed by atoms with Crippen LogP contribution in [0.2, 0.25) is 0 Å². The Bertz CT molecular complexity index is 724. The molecule has 2 heterocycles. The Morgan fingerprint density at radius 1 is 1.20 bits per heavy atom. The Morgan fingerprint density at radius 2 is 2.04 bits per heavy atom. The summed E-state index contributed by atoms with van der Waals surface area (Å²) in [5, 5.41) is 10.6. The molecule has 4 heteroatoms. The van der Waals surface area contributed by atoms with Gasteiger partial charge in [-0.2, -0.15) is 0 Å². The van der Waals surface area contributed by atoms with Crippen LogP contribution in [0.5, 0.6) is 0 Å². The number of aromatic nitrogens is 1. The molecule has 4 nitrogen and oxygen atoms in total. The van der Waals surface area contributed by atoms with Crippen LogP contribution in [0.4, 0.5) is 0 Å². The molecule has 1 aliphatic heterocycles. The van der Waals surface area contributed by atoms with Gasteiger partial charge in [0.1, 0.15) is 0 Å². The Labute approximate surface area is 150 Å². The van der Waals surface area contributed by atoms with Crippen LogP contribution in [0, 0.1) is 0 Å². The van der Waals surface area contributed by atoms with Crippen LogP contribution < -0.4 is 0 Å². The molecule has 1 aromatic carbocycles. The zero-order valence-corrected chi connectivity index (χ0v) is 15.4. The maximum atomic E-state index is 9.44. The normalized spacial score (nSPS) is 19.2. The van der Waals surface area contributed by atoms with Crippen molar-refractivity contribution in [3.05, 3.63) is 53.7 Å². The number of nitrogens with zero attached hydrogens (tertiary/aromatic N) is 3. The number of rotatable bonds is 6. The van der Waals surface area contributed by atoms with Gasteiger partial charge in [0.15, 0.2) is 0 Å². The molecule has 1 aliphatic rings. The van der Waals surface area contributed by atoms with E-state index in [1.165, 1.54) is 11.0 Å². The van der Waals surface area contributed by atoms with Crippen LogP contribution in [0.25, 0.3) is 10.9 Å². The first kappa shape index (κ1) is 18.1. The highest BCUT2D eigenvalue weighted by molar-refractivity contribution is 5.78. The SMILES string of the molecule is CC(C)=CCN1CCN(Cc2ccc3ccccc3n2)CC1CCO. The summed E-state index contributed by atoms with van der Waals surface area (Å²) in [7, 11) is 0. The number of fused-ring (bicyclic) bond motifs is 1. The van der Waals surface area contributed by atoms with Crippen molar-refractivity contribution < 1.29 is 5.11 Å². The molecule has 0 radical (unpaired) electrons. The molecular weight excluding hydrogens is 310 g/mol. The minimum atomic E-state index is 0.248. The lowest BCUT2D eigenvalue weighted by molar-refractivity contribution is 0.0631. The Balaban J connectivity index is 1.65. The molecule has 25 heavy (non-hydrogen) atoms. The minimum Gasteiger partial charge on any atom is -0.396 e. The molecule has 2 aromatic rings. The van der Waals surface area contributed by atoms with E-state index < -0.39 is 0 Å². The van der Waals surface area contributed by atoms with Crippen molar-refractivity contribution in [2.45, 2.75) is 32.9 Å². The monoisotopic (exact) mass is 339 g/mol. The number of para-hydroxylation sites is 1. The van der Waals surface area contributed by atoms with E-state index in [1.54, 1.807) is 0 Å². The van der Waals surface area contributed by atoms with E-state index in [4.69, 9.17) is 4.98 Å². The highest BCUT2D eigenvalue weighted by Gasteiger charge is 2.26. The summed E-state index contributed by atoms with van der Waals surface area (Å²) in [6, 6.07) is 13.0. The van der Waals surface area contributed by atoms with Gasteiger partial charge in [0.25, 0.3) is 0 Å². The van der Waals surface area contributed by atoms with Crippen LogP contribution >= 0.6 is 0 Å². The van der Waals surface area contributed by atoms with E-state index in [-0.39, 0.29) is 6.61 Å². The number of allylic oxidation sites excluding steroid dienone is 1. The van der Waals surface area contributed by atoms with Gasteiger partial charge in [-0.05, 0) is 32.4 Å². The summed E-state index contributed by atoms with van der Waals surface area (Å²) in [6.45, 7) is 9.47. The van der Waals surface area contributed by atoms with Crippen LogP contribution in [0.15, 0.2) is 48.0 Å². The zero-order valence-electron chi connectivity index (χ0n) is 15.4. The summed E-state index contributed by atoms with van der Waals surface area (Å²) >= 11 is 0. The van der Waals surface area contributed by atoms with E-state index in [1.807, 2.05) is 6.07 Å². The molecule has 1 fully saturated rings. The van der Waals surface area contributed by atoms with Crippen molar-refractivity contribution in [1.29, 1.82) is 0 Å². The number of hydrogen-bond acceptors (Lipinski definition) is 4. The van der Waals surface area contributed by atoms with Crippen molar-refractivity contribution in [3.8, 4) is 0 Å². The maximum Gasteiger partial charge on any atom is 0.0705 e. The third-order valence-electron chi connectivity index (χ3n) is 4.93. The predicted molar refractivity (Wildman–Crippen MR) is 104 cm³/mol. The largest absolute Gasteiger partial charge is 0.396 e. The van der Waals surface area contributed by atoms with Crippen molar-refractivity contribution in [2.75, 3.05) is 32.8 Å². The highest BCUT2D eigenvalue weighted by atomic mass is 16.3. The average molecular weight is 339 g/mol. The molecular formula is C21H29N3O. The number of hydrogen-bond donors (Lipinski definition) is 1. The molecule has 1 atom stereocenters. The second kappa shape index (κ2) is 8.56. The van der Waals surface area contributed by atoms with Crippen molar-refractivity contribution in [3.63, 3.8) is 0 Å². The second-order valence-electron chi connectivity index (χ2n) is 7.17. The summed E-state index contributed by atoms with van der Waals surface area (Å²) < 4.78 is 0. The fraction of sp³-hybridized carbons (Fsp3) is 0.476. The fourth-order valence-corrected chi connectivity index (χ4v) is 3.49. The standard InChI is InChI=1S/C21H29N3O/c1-17(2)9-11-24-13-12-23(16-20(24)10-14-25)15-19-8-7-18-5-3-4-6-21(18)22-19/h3-9,20,25H,10-16H2,1-2H3. The van der Waals surface area contributed by atoms with Gasteiger partial charge >= 0.3 is 0 Å². The van der Waals surface area contributed by atoms with Crippen molar-refractivity contribution in [1.82, 2.24) is 14.8 Å². The lowest BCUT2D eigenvalue weighted by Gasteiger charge is -2.41. The molecule has 0 saturated carbocycles. The molecule has 1 unspecified atom stereocenters. The summed E-state index contributed by atoms with van der Waals surface area (Å²) in [5.41, 5.74) is 3.54. The Hall–Kier alpha value is -1.75. The number of pyridine rings is 1. The fourth-order valence-electron chi connectivity index (χ4n) is 3.49. The van der Waals surface area contributed by atoms with Gasteiger partial charge in [-0.3, -0.25) is 14.8 Å². The van der Waals surface area contributed by atoms with Gasteiger partial charge in [0.05, 0.1) is 11.2 Å². The number of aliphatic hydroxyl groups excluding tert-OH is 1. The van der Waals surface area contributed by atoms with E-state index >= 15 is 0 Å². The maximum absolute atomic E-state index is 9.44. The van der Waals surface area contributed by atoms with Gasteiger partial charge in [0.2, 0.25) is 0 Å². The molecule has 0 bridgehead atoms. The lowest BCUT2D eigenvalue weighted by Crippen LogP contribution is -2.53. The van der Waals surface area contributed by atoms with Crippen LogP contribution in [-0.2, 0) is 6.54 Å². The Morgan fingerprint density at radius 3 is 2.84 bits per heavy atom. The van der Waals surface area contributed by atoms with E-state index in [2.05, 4.69) is 60.1 Å². The molecule has 0 spiro atoms. The van der Waals surface area contributed by atoms with Gasteiger partial charge in [0, 0.05) is 50.8 Å². The molecule has 134 valence electrons. The van der Waals surface area contributed by atoms with Gasteiger partial charge in [-0.1, -0.05) is 35.9 Å². The topological polar surface area (TPSA) is 39.6 Å². The third-order valence-corrected chi connectivity index (χ3v) is 4.93. The van der Waals surface area contributed by atoms with E-state index in [9.17, 15) is 5.11 Å². The molecule has 1 aromatic heterocycles. The first-order valence-corrected chi connectivity index (χ1v) is 9.21. The van der Waals surface area contributed by atoms with Gasteiger partial charge < -0.3 is 5.11 Å². The number of benzene rings is 1. The van der Waals surface area contributed by atoms with Crippen LogP contribution in [0.3, 0.4) is 0 Å². The summed E-state index contributed by atoms with van der Waals surface area (Å²) in [4.78, 5) is 9.77. The molecule has 0 amide bonds. The third kappa shape index (κ3) is 4.88. The van der Waals surface area contributed by atoms with Crippen LogP contribution in [0.1, 0.15) is 26.0 Å². The van der Waals surface area contributed by atoms with E-state index in [0.717, 1.165) is 50.4 Å². The van der Waals surface area contributed by atoms with Crippen molar-refractivity contribution in [2.24, 2.45) is 0 Å². The molecule has 1 N–H and O–H groups in total. The van der Waals surface area contributed by atoms with Crippen molar-refractivity contribution >= 4 is 10.9 Å². The summed E-state index contributed by atoms with van der Waals surface area (Å²) in [5.74, 6) is 0. The highest BCUT2D eigenvalue weighted by Crippen LogP contribution is 2.17. The smallest absolute Gasteiger partial charge is 0.0705 e. The molecule has 3 rings (SSSR count). The second-order valence-corrected chi connectivity index (χ2v) is 7.17. The molecule has 0 aliphatic carbocycles. The van der Waals surface area contributed by atoms with E-state index in [0.29, 0.717) is 6.04 Å².